The zero-order chi connectivity index (χ0) is 25.9. The number of hydrogen-bond acceptors (Lipinski definition) is 7. The minimum absolute atomic E-state index is 0.00769. The van der Waals surface area contributed by atoms with Crippen LogP contribution in [0.2, 0.25) is 0 Å². The van der Waals surface area contributed by atoms with Crippen LogP contribution in [0.4, 0.5) is 5.88 Å². The van der Waals surface area contributed by atoms with E-state index in [9.17, 15) is 10.1 Å². The fourth-order valence-corrected chi connectivity index (χ4v) is 4.36. The number of rotatable bonds is 6. The first-order valence-electron chi connectivity index (χ1n) is 12.2. The fraction of sp³-hybridized carbons (Fsp3) is 0.276. The zero-order valence-corrected chi connectivity index (χ0v) is 21.2. The fourth-order valence-electron chi connectivity index (χ4n) is 4.36. The summed E-state index contributed by atoms with van der Waals surface area (Å²) in [7, 11) is 0. The van der Waals surface area contributed by atoms with Crippen LogP contribution in [0.15, 0.2) is 63.4 Å². The molecule has 4 aromatic rings. The Morgan fingerprint density at radius 3 is 2.54 bits per heavy atom. The van der Waals surface area contributed by atoms with Crippen molar-refractivity contribution in [2.24, 2.45) is 0 Å². The molecule has 1 aliphatic rings. The van der Waals surface area contributed by atoms with Gasteiger partial charge in [-0.1, -0.05) is 29.8 Å². The average molecular weight is 497 g/mol. The van der Waals surface area contributed by atoms with Crippen molar-refractivity contribution < 1.29 is 18.4 Å². The molecule has 0 spiro atoms. The van der Waals surface area contributed by atoms with Gasteiger partial charge in [0.2, 0.25) is 11.6 Å². The van der Waals surface area contributed by atoms with Gasteiger partial charge in [-0.15, -0.1) is 0 Å². The van der Waals surface area contributed by atoms with Crippen molar-refractivity contribution in [1.82, 2.24) is 9.88 Å². The molecule has 1 aliphatic heterocycles. The molecule has 8 nitrogen and oxygen atoms in total. The SMILES string of the molecule is Cc1cccc(C(=O)N2CCN(c3oc(-c4ccc(COc5cc(C)ccc5C)o4)nc3C#N)CC2)c1. The van der Waals surface area contributed by atoms with Gasteiger partial charge in [-0.05, 0) is 62.2 Å². The Labute approximate surface area is 215 Å². The van der Waals surface area contributed by atoms with Crippen LogP contribution in [0.3, 0.4) is 0 Å². The number of carbonyl (C=O) groups excluding carboxylic acids is 1. The molecule has 3 heterocycles. The summed E-state index contributed by atoms with van der Waals surface area (Å²) < 4.78 is 17.8. The minimum atomic E-state index is 0.00769. The van der Waals surface area contributed by atoms with E-state index in [1.54, 1.807) is 6.07 Å². The van der Waals surface area contributed by atoms with Gasteiger partial charge in [-0.3, -0.25) is 4.79 Å². The van der Waals surface area contributed by atoms with Gasteiger partial charge in [0.05, 0.1) is 0 Å². The average Bonchev–Trinajstić information content (AvgIpc) is 3.56. The Balaban J connectivity index is 1.25. The third-order valence-corrected chi connectivity index (χ3v) is 6.42. The van der Waals surface area contributed by atoms with Crippen molar-refractivity contribution in [2.75, 3.05) is 31.1 Å². The number of anilines is 1. The van der Waals surface area contributed by atoms with E-state index in [1.165, 1.54) is 0 Å². The topological polar surface area (TPSA) is 95.7 Å². The number of nitriles is 1. The molecule has 8 heteroatoms. The lowest BCUT2D eigenvalue weighted by Gasteiger charge is -2.34. The van der Waals surface area contributed by atoms with E-state index < -0.39 is 0 Å². The van der Waals surface area contributed by atoms with Gasteiger partial charge in [-0.25, -0.2) is 0 Å². The summed E-state index contributed by atoms with van der Waals surface area (Å²) in [6.07, 6.45) is 0. The standard InChI is InChI=1S/C29H28N4O4/c1-19-5-4-6-22(15-19)28(34)32-11-13-33(14-12-32)29-24(17-30)31-27(37-29)25-10-9-23(36-25)18-35-26-16-20(2)7-8-21(26)3/h4-10,15-16H,11-14,18H2,1-3H3. The lowest BCUT2D eigenvalue weighted by Crippen LogP contribution is -2.48. The van der Waals surface area contributed by atoms with Crippen LogP contribution in [0, 0.1) is 32.1 Å². The summed E-state index contributed by atoms with van der Waals surface area (Å²) in [6, 6.07) is 19.4. The molecule has 5 rings (SSSR count). The van der Waals surface area contributed by atoms with Crippen LogP contribution < -0.4 is 9.64 Å². The molecule has 37 heavy (non-hydrogen) atoms. The summed E-state index contributed by atoms with van der Waals surface area (Å²) >= 11 is 0. The number of benzene rings is 2. The van der Waals surface area contributed by atoms with Crippen LogP contribution in [0.5, 0.6) is 5.75 Å². The number of furan rings is 1. The van der Waals surface area contributed by atoms with Gasteiger partial charge in [0.25, 0.3) is 11.8 Å². The molecule has 1 amide bonds. The third-order valence-electron chi connectivity index (χ3n) is 6.42. The largest absolute Gasteiger partial charge is 0.485 e. The maximum Gasteiger partial charge on any atom is 0.266 e. The predicted molar refractivity (Wildman–Crippen MR) is 138 cm³/mol. The van der Waals surface area contributed by atoms with Gasteiger partial charge in [0, 0.05) is 31.7 Å². The molecular weight excluding hydrogens is 468 g/mol. The maximum atomic E-state index is 12.9. The van der Waals surface area contributed by atoms with Gasteiger partial charge < -0.3 is 23.4 Å². The van der Waals surface area contributed by atoms with Crippen LogP contribution in [0.25, 0.3) is 11.7 Å². The summed E-state index contributed by atoms with van der Waals surface area (Å²) in [6.45, 7) is 8.37. The number of amides is 1. The highest BCUT2D eigenvalue weighted by Gasteiger charge is 2.27. The molecule has 1 fully saturated rings. The number of nitrogens with zero attached hydrogens (tertiary/aromatic N) is 4. The number of ether oxygens (including phenoxy) is 1. The van der Waals surface area contributed by atoms with Crippen molar-refractivity contribution in [3.63, 3.8) is 0 Å². The molecule has 0 aliphatic carbocycles. The first kappa shape index (κ1) is 24.2. The summed E-state index contributed by atoms with van der Waals surface area (Å²) in [5.74, 6) is 2.50. The number of aromatic nitrogens is 1. The van der Waals surface area contributed by atoms with Crippen LogP contribution >= 0.6 is 0 Å². The number of hydrogen-bond donors (Lipinski definition) is 0. The molecule has 188 valence electrons. The van der Waals surface area contributed by atoms with Crippen LogP contribution in [-0.4, -0.2) is 42.0 Å². The first-order chi connectivity index (χ1) is 17.9. The van der Waals surface area contributed by atoms with Crippen molar-refractivity contribution in [3.8, 4) is 23.5 Å². The highest BCUT2D eigenvalue weighted by molar-refractivity contribution is 5.94. The quantitative estimate of drug-likeness (QED) is 0.359. The van der Waals surface area contributed by atoms with Crippen molar-refractivity contribution in [3.05, 3.63) is 88.3 Å². The Bertz CT molecular complexity index is 1470. The molecule has 2 aromatic heterocycles. The van der Waals surface area contributed by atoms with E-state index in [0.29, 0.717) is 49.1 Å². The van der Waals surface area contributed by atoms with Gasteiger partial charge in [0.15, 0.2) is 5.76 Å². The molecule has 1 saturated heterocycles. The van der Waals surface area contributed by atoms with Gasteiger partial charge in [-0.2, -0.15) is 10.2 Å². The second-order valence-corrected chi connectivity index (χ2v) is 9.26. The van der Waals surface area contributed by atoms with E-state index in [2.05, 4.69) is 11.1 Å². The monoisotopic (exact) mass is 496 g/mol. The first-order valence-corrected chi connectivity index (χ1v) is 12.2. The maximum absolute atomic E-state index is 12.9. The number of carbonyl (C=O) groups is 1. The van der Waals surface area contributed by atoms with Crippen molar-refractivity contribution >= 4 is 11.8 Å². The van der Waals surface area contributed by atoms with Crippen LogP contribution in [-0.2, 0) is 6.61 Å². The second-order valence-electron chi connectivity index (χ2n) is 9.26. The summed E-state index contributed by atoms with van der Waals surface area (Å²) in [4.78, 5) is 21.0. The number of oxazole rings is 1. The normalized spacial score (nSPS) is 13.5. The Hall–Kier alpha value is -4.51. The minimum Gasteiger partial charge on any atom is -0.485 e. The summed E-state index contributed by atoms with van der Waals surface area (Å²) in [5, 5.41) is 9.67. The molecule has 0 saturated carbocycles. The van der Waals surface area contributed by atoms with E-state index in [-0.39, 0.29) is 24.1 Å². The number of piperazine rings is 1. The smallest absolute Gasteiger partial charge is 0.266 e. The Morgan fingerprint density at radius 1 is 1.00 bits per heavy atom. The van der Waals surface area contributed by atoms with Crippen molar-refractivity contribution in [2.45, 2.75) is 27.4 Å². The van der Waals surface area contributed by atoms with Crippen LogP contribution in [0.1, 0.15) is 38.5 Å². The van der Waals surface area contributed by atoms with Gasteiger partial charge in [0.1, 0.15) is 24.2 Å². The molecule has 0 atom stereocenters. The highest BCUT2D eigenvalue weighted by Crippen LogP contribution is 2.30. The van der Waals surface area contributed by atoms with E-state index in [4.69, 9.17) is 13.6 Å². The lowest BCUT2D eigenvalue weighted by molar-refractivity contribution is 0.0745. The molecular formula is C29H28N4O4. The highest BCUT2D eigenvalue weighted by atomic mass is 16.5. The van der Waals surface area contributed by atoms with Gasteiger partial charge >= 0.3 is 0 Å². The van der Waals surface area contributed by atoms with E-state index in [0.717, 1.165) is 22.4 Å². The predicted octanol–water partition coefficient (Wildman–Crippen LogP) is 5.27. The Kier molecular flexibility index (Phi) is 6.69. The van der Waals surface area contributed by atoms with E-state index in [1.807, 2.05) is 79.1 Å². The third kappa shape index (κ3) is 5.21. The molecule has 0 unspecified atom stereocenters. The molecule has 0 N–H and O–H groups in total. The second kappa shape index (κ2) is 10.2. The van der Waals surface area contributed by atoms with Crippen molar-refractivity contribution in [1.29, 1.82) is 5.26 Å². The zero-order valence-electron chi connectivity index (χ0n) is 21.2. The number of aryl methyl sites for hydroxylation is 3. The molecule has 0 bridgehead atoms. The molecule has 0 radical (unpaired) electrons. The summed E-state index contributed by atoms with van der Waals surface area (Å²) in [5.41, 5.74) is 4.10. The lowest BCUT2D eigenvalue weighted by atomic mass is 10.1. The van der Waals surface area contributed by atoms with E-state index >= 15 is 0 Å². The Morgan fingerprint density at radius 2 is 1.78 bits per heavy atom. The molecule has 2 aromatic carbocycles.